The molecule has 2 heterocycles. The molecule has 0 radical (unpaired) electrons. The summed E-state index contributed by atoms with van der Waals surface area (Å²) in [7, 11) is 0. The minimum absolute atomic E-state index is 0.0324. The Labute approximate surface area is 144 Å². The average molecular weight is 345 g/mol. The van der Waals surface area contributed by atoms with Crippen molar-refractivity contribution in [3.8, 4) is 5.69 Å². The molecule has 0 spiro atoms. The van der Waals surface area contributed by atoms with Gasteiger partial charge in [-0.05, 0) is 31.5 Å². The lowest BCUT2D eigenvalue weighted by Crippen LogP contribution is -2.14. The van der Waals surface area contributed by atoms with Crippen molar-refractivity contribution >= 4 is 17.5 Å². The summed E-state index contributed by atoms with van der Waals surface area (Å²) in [6.07, 6.45) is 3.66. The second-order valence-corrected chi connectivity index (χ2v) is 5.97. The van der Waals surface area contributed by atoms with Gasteiger partial charge in [0.2, 0.25) is 5.91 Å². The number of aromatic nitrogens is 5. The summed E-state index contributed by atoms with van der Waals surface area (Å²) in [5.74, 6) is 0.496. The van der Waals surface area contributed by atoms with Crippen LogP contribution in [0.5, 0.6) is 0 Å². The number of amides is 1. The van der Waals surface area contributed by atoms with Crippen LogP contribution in [0.3, 0.4) is 0 Å². The Kier molecular flexibility index (Phi) is 4.35. The van der Waals surface area contributed by atoms with Crippen molar-refractivity contribution in [2.75, 3.05) is 0 Å². The first-order valence-electron chi connectivity index (χ1n) is 7.45. The largest absolute Gasteiger partial charge is 0.369 e. The molecule has 0 saturated carbocycles. The summed E-state index contributed by atoms with van der Waals surface area (Å²) in [4.78, 5) is 15.7. The van der Waals surface area contributed by atoms with Gasteiger partial charge in [0, 0.05) is 6.20 Å². The fourth-order valence-corrected chi connectivity index (χ4v) is 2.65. The molecular formula is C16H17ClN6O. The van der Waals surface area contributed by atoms with Crippen LogP contribution in [0.2, 0.25) is 5.02 Å². The van der Waals surface area contributed by atoms with Crippen molar-refractivity contribution in [1.82, 2.24) is 24.5 Å². The fraction of sp³-hybridized carbons (Fsp3) is 0.250. The van der Waals surface area contributed by atoms with E-state index in [0.717, 1.165) is 5.56 Å². The normalized spacial score (nSPS) is 12.3. The second kappa shape index (κ2) is 6.45. The third-order valence-electron chi connectivity index (χ3n) is 3.59. The van der Waals surface area contributed by atoms with Gasteiger partial charge in [0.25, 0.3) is 0 Å². The molecule has 7 nitrogen and oxygen atoms in total. The number of nitrogens with zero attached hydrogens (tertiary/aromatic N) is 5. The van der Waals surface area contributed by atoms with E-state index in [2.05, 4.69) is 15.2 Å². The molecule has 0 unspecified atom stereocenters. The zero-order valence-electron chi connectivity index (χ0n) is 13.3. The van der Waals surface area contributed by atoms with Gasteiger partial charge >= 0.3 is 0 Å². The molecule has 2 N–H and O–H groups in total. The molecule has 1 amide bonds. The second-order valence-electron chi connectivity index (χ2n) is 5.57. The Hall–Kier alpha value is -2.67. The molecule has 8 heteroatoms. The lowest BCUT2D eigenvalue weighted by molar-refractivity contribution is -0.117. The summed E-state index contributed by atoms with van der Waals surface area (Å²) in [5.41, 5.74) is 7.00. The van der Waals surface area contributed by atoms with Gasteiger partial charge in [-0.2, -0.15) is 10.2 Å². The molecule has 24 heavy (non-hydrogen) atoms. The number of halogens is 1. The van der Waals surface area contributed by atoms with Crippen molar-refractivity contribution in [1.29, 1.82) is 0 Å². The third-order valence-corrected chi connectivity index (χ3v) is 3.91. The molecule has 0 fully saturated rings. The topological polar surface area (TPSA) is 91.6 Å². The van der Waals surface area contributed by atoms with E-state index in [4.69, 9.17) is 17.3 Å². The van der Waals surface area contributed by atoms with Crippen molar-refractivity contribution in [2.45, 2.75) is 26.3 Å². The molecule has 0 saturated heterocycles. The van der Waals surface area contributed by atoms with Crippen molar-refractivity contribution in [3.05, 3.63) is 58.9 Å². The van der Waals surface area contributed by atoms with Crippen LogP contribution in [0.15, 0.2) is 36.7 Å². The highest BCUT2D eigenvalue weighted by atomic mass is 35.5. The SMILES string of the molecule is Cc1cnn([C@@H](C)c2nc(CC(N)=O)nn2-c2ccccc2Cl)c1. The smallest absolute Gasteiger partial charge is 0.225 e. The summed E-state index contributed by atoms with van der Waals surface area (Å²) in [5, 5.41) is 9.28. The van der Waals surface area contributed by atoms with Crippen LogP contribution in [0, 0.1) is 6.92 Å². The number of nitrogens with two attached hydrogens (primary N) is 1. The van der Waals surface area contributed by atoms with Gasteiger partial charge in [-0.1, -0.05) is 23.7 Å². The van der Waals surface area contributed by atoms with Crippen LogP contribution in [-0.4, -0.2) is 30.5 Å². The van der Waals surface area contributed by atoms with Gasteiger partial charge in [-0.25, -0.2) is 9.67 Å². The predicted molar refractivity (Wildman–Crippen MR) is 90.0 cm³/mol. The van der Waals surface area contributed by atoms with Gasteiger partial charge in [0.05, 0.1) is 23.3 Å². The minimum atomic E-state index is -0.486. The minimum Gasteiger partial charge on any atom is -0.369 e. The number of carbonyl (C=O) groups is 1. The van der Waals surface area contributed by atoms with Crippen molar-refractivity contribution in [2.24, 2.45) is 5.73 Å². The zero-order chi connectivity index (χ0) is 17.3. The molecule has 124 valence electrons. The van der Waals surface area contributed by atoms with E-state index in [0.29, 0.717) is 22.4 Å². The van der Waals surface area contributed by atoms with Gasteiger partial charge < -0.3 is 5.73 Å². The van der Waals surface area contributed by atoms with E-state index in [9.17, 15) is 4.79 Å². The maximum absolute atomic E-state index is 11.2. The molecule has 3 aromatic rings. The van der Waals surface area contributed by atoms with E-state index in [1.54, 1.807) is 21.6 Å². The van der Waals surface area contributed by atoms with E-state index in [1.807, 2.05) is 38.2 Å². The van der Waals surface area contributed by atoms with E-state index >= 15 is 0 Å². The van der Waals surface area contributed by atoms with Crippen molar-refractivity contribution < 1.29 is 4.79 Å². The van der Waals surface area contributed by atoms with Crippen LogP contribution >= 0.6 is 11.6 Å². The molecule has 0 aliphatic carbocycles. The van der Waals surface area contributed by atoms with Gasteiger partial charge in [0.1, 0.15) is 6.04 Å². The van der Waals surface area contributed by atoms with E-state index in [1.165, 1.54) is 0 Å². The van der Waals surface area contributed by atoms with Gasteiger partial charge in [-0.15, -0.1) is 0 Å². The highest BCUT2D eigenvalue weighted by Crippen LogP contribution is 2.24. The number of rotatable bonds is 5. The summed E-state index contributed by atoms with van der Waals surface area (Å²) in [6, 6.07) is 7.13. The Bertz CT molecular complexity index is 884. The predicted octanol–water partition coefficient (Wildman–Crippen LogP) is 2.06. The number of primary amides is 1. The van der Waals surface area contributed by atoms with Crippen LogP contribution in [0.25, 0.3) is 5.69 Å². The highest BCUT2D eigenvalue weighted by molar-refractivity contribution is 6.32. The zero-order valence-corrected chi connectivity index (χ0v) is 14.1. The highest BCUT2D eigenvalue weighted by Gasteiger charge is 2.21. The molecule has 1 atom stereocenters. The maximum atomic E-state index is 11.2. The fourth-order valence-electron chi connectivity index (χ4n) is 2.43. The van der Waals surface area contributed by atoms with Crippen LogP contribution in [0.1, 0.15) is 30.2 Å². The quantitative estimate of drug-likeness (QED) is 0.766. The first-order chi connectivity index (χ1) is 11.5. The Balaban J connectivity index is 2.11. The number of carbonyl (C=O) groups excluding carboxylic acids is 1. The third kappa shape index (κ3) is 3.16. The number of hydrogen-bond acceptors (Lipinski definition) is 4. The van der Waals surface area contributed by atoms with Gasteiger partial charge in [0.15, 0.2) is 11.6 Å². The van der Waals surface area contributed by atoms with Crippen LogP contribution in [-0.2, 0) is 11.2 Å². The summed E-state index contributed by atoms with van der Waals surface area (Å²) >= 11 is 6.30. The van der Waals surface area contributed by atoms with Gasteiger partial charge in [-0.3, -0.25) is 9.48 Å². The number of para-hydroxylation sites is 1. The van der Waals surface area contributed by atoms with Crippen LogP contribution in [0.4, 0.5) is 0 Å². The monoisotopic (exact) mass is 344 g/mol. The average Bonchev–Trinajstić information content (AvgIpc) is 3.13. The number of benzene rings is 1. The lowest BCUT2D eigenvalue weighted by atomic mass is 10.3. The van der Waals surface area contributed by atoms with Crippen LogP contribution < -0.4 is 5.73 Å². The lowest BCUT2D eigenvalue weighted by Gasteiger charge is -2.14. The molecular weight excluding hydrogens is 328 g/mol. The first-order valence-corrected chi connectivity index (χ1v) is 7.83. The molecule has 0 aliphatic heterocycles. The number of aryl methyl sites for hydroxylation is 1. The number of hydrogen-bond donors (Lipinski definition) is 1. The summed E-state index contributed by atoms with van der Waals surface area (Å²) < 4.78 is 3.43. The molecule has 1 aromatic carbocycles. The Morgan fingerprint density at radius 3 is 2.75 bits per heavy atom. The van der Waals surface area contributed by atoms with E-state index < -0.39 is 5.91 Å². The maximum Gasteiger partial charge on any atom is 0.225 e. The standard InChI is InChI=1S/C16H17ClN6O/c1-10-8-19-22(9-10)11(2)16-20-15(7-14(18)24)21-23(16)13-6-4-3-5-12(13)17/h3-6,8-9,11H,7H2,1-2H3,(H2,18,24)/t11-/m0/s1. The summed E-state index contributed by atoms with van der Waals surface area (Å²) in [6.45, 7) is 3.92. The molecule has 0 aliphatic rings. The molecule has 3 rings (SSSR count). The first kappa shape index (κ1) is 16.2. The van der Waals surface area contributed by atoms with E-state index in [-0.39, 0.29) is 12.5 Å². The molecule has 2 aromatic heterocycles. The Morgan fingerprint density at radius 2 is 2.12 bits per heavy atom. The van der Waals surface area contributed by atoms with Crippen molar-refractivity contribution in [3.63, 3.8) is 0 Å². The molecule has 0 bridgehead atoms. The Morgan fingerprint density at radius 1 is 1.38 bits per heavy atom.